The van der Waals surface area contributed by atoms with E-state index in [1.165, 1.54) is 0 Å². The number of rotatable bonds is 4. The predicted octanol–water partition coefficient (Wildman–Crippen LogP) is 1.16. The Hall–Kier alpha value is -0.610. The summed E-state index contributed by atoms with van der Waals surface area (Å²) in [4.78, 5) is 12.5. The van der Waals surface area contributed by atoms with E-state index in [4.69, 9.17) is 4.74 Å². The zero-order chi connectivity index (χ0) is 13.2. The molecule has 2 saturated heterocycles. The average Bonchev–Trinajstić information content (AvgIpc) is 2.95. The van der Waals surface area contributed by atoms with Crippen molar-refractivity contribution in [3.8, 4) is 0 Å². The maximum absolute atomic E-state index is 12.5. The van der Waals surface area contributed by atoms with Crippen LogP contribution in [0, 0.1) is 17.3 Å². The summed E-state index contributed by atoms with van der Waals surface area (Å²) in [6.07, 6.45) is 2.30. The van der Waals surface area contributed by atoms with Gasteiger partial charge in [0.05, 0.1) is 11.5 Å². The molecule has 104 valence electrons. The molecular weight excluding hydrogens is 228 g/mol. The molecule has 2 N–H and O–H groups in total. The second-order valence-corrected chi connectivity index (χ2v) is 6.07. The Balaban J connectivity index is 1.90. The number of ether oxygens (including phenoxy) is 1. The minimum absolute atomic E-state index is 0.206. The molecule has 0 aromatic carbocycles. The van der Waals surface area contributed by atoms with Gasteiger partial charge in [0.25, 0.3) is 0 Å². The summed E-state index contributed by atoms with van der Waals surface area (Å²) in [5.74, 6) is 1.08. The average molecular weight is 254 g/mol. The topological polar surface area (TPSA) is 50.4 Å². The maximum atomic E-state index is 12.5. The molecule has 0 spiro atoms. The molecule has 3 atom stereocenters. The van der Waals surface area contributed by atoms with Crippen LogP contribution in [-0.2, 0) is 9.53 Å². The Morgan fingerprint density at radius 1 is 1.56 bits per heavy atom. The summed E-state index contributed by atoms with van der Waals surface area (Å²) in [5.41, 5.74) is -0.206. The Morgan fingerprint density at radius 3 is 2.83 bits per heavy atom. The van der Waals surface area contributed by atoms with E-state index in [0.29, 0.717) is 11.8 Å². The molecule has 0 aromatic rings. The third kappa shape index (κ3) is 2.54. The number of nitrogens with one attached hydrogen (secondary N) is 2. The Labute approximate surface area is 110 Å². The number of hydrogen-bond acceptors (Lipinski definition) is 3. The molecule has 2 aliphatic rings. The van der Waals surface area contributed by atoms with E-state index in [1.54, 1.807) is 0 Å². The molecule has 2 heterocycles. The van der Waals surface area contributed by atoms with Crippen molar-refractivity contribution in [2.24, 2.45) is 17.3 Å². The molecule has 0 aliphatic carbocycles. The second-order valence-electron chi connectivity index (χ2n) is 6.07. The molecule has 1 amide bonds. The zero-order valence-corrected chi connectivity index (χ0v) is 11.8. The van der Waals surface area contributed by atoms with Crippen molar-refractivity contribution in [3.63, 3.8) is 0 Å². The van der Waals surface area contributed by atoms with Crippen LogP contribution in [0.2, 0.25) is 0 Å². The Kier molecular flexibility index (Phi) is 4.28. The highest BCUT2D eigenvalue weighted by molar-refractivity contribution is 5.83. The number of amides is 1. The number of hydrogen-bond donors (Lipinski definition) is 2. The first-order chi connectivity index (χ1) is 8.56. The van der Waals surface area contributed by atoms with Gasteiger partial charge in [-0.2, -0.15) is 0 Å². The fourth-order valence-electron chi connectivity index (χ4n) is 3.10. The summed E-state index contributed by atoms with van der Waals surface area (Å²) in [6.45, 7) is 9.75. The normalized spacial score (nSPS) is 36.2. The molecule has 0 saturated carbocycles. The van der Waals surface area contributed by atoms with E-state index < -0.39 is 0 Å². The quantitative estimate of drug-likeness (QED) is 0.791. The van der Waals surface area contributed by atoms with Gasteiger partial charge in [-0.3, -0.25) is 4.79 Å². The minimum Gasteiger partial charge on any atom is -0.378 e. The lowest BCUT2D eigenvalue weighted by atomic mass is 9.75. The number of carbonyl (C=O) groups excluding carboxylic acids is 1. The highest BCUT2D eigenvalue weighted by Crippen LogP contribution is 2.34. The van der Waals surface area contributed by atoms with E-state index in [0.717, 1.165) is 39.1 Å². The summed E-state index contributed by atoms with van der Waals surface area (Å²) in [7, 11) is 0. The van der Waals surface area contributed by atoms with Gasteiger partial charge in [-0.1, -0.05) is 13.8 Å². The van der Waals surface area contributed by atoms with Crippen LogP contribution in [0.5, 0.6) is 0 Å². The van der Waals surface area contributed by atoms with Crippen LogP contribution in [0.25, 0.3) is 0 Å². The Morgan fingerprint density at radius 2 is 2.33 bits per heavy atom. The Bertz CT molecular complexity index is 298. The molecule has 4 nitrogen and oxygen atoms in total. The van der Waals surface area contributed by atoms with Crippen molar-refractivity contribution in [2.45, 2.75) is 39.7 Å². The highest BCUT2D eigenvalue weighted by atomic mass is 16.5. The second kappa shape index (κ2) is 5.57. The van der Waals surface area contributed by atoms with Gasteiger partial charge < -0.3 is 15.4 Å². The third-order valence-electron chi connectivity index (χ3n) is 4.80. The first kappa shape index (κ1) is 13.8. The summed E-state index contributed by atoms with van der Waals surface area (Å²) < 4.78 is 5.53. The lowest BCUT2D eigenvalue weighted by Crippen LogP contribution is -2.47. The lowest BCUT2D eigenvalue weighted by molar-refractivity contribution is -0.132. The van der Waals surface area contributed by atoms with Crippen molar-refractivity contribution in [1.82, 2.24) is 10.6 Å². The van der Waals surface area contributed by atoms with E-state index >= 15 is 0 Å². The molecule has 3 unspecified atom stereocenters. The fourth-order valence-corrected chi connectivity index (χ4v) is 3.10. The SMILES string of the molecule is CC1OCCC1CNC(=O)C1(C(C)C)CCNC1. The molecule has 2 rings (SSSR count). The highest BCUT2D eigenvalue weighted by Gasteiger charge is 2.44. The molecule has 0 aromatic heterocycles. The smallest absolute Gasteiger partial charge is 0.227 e. The van der Waals surface area contributed by atoms with Gasteiger partial charge in [0, 0.05) is 25.6 Å². The lowest BCUT2D eigenvalue weighted by Gasteiger charge is -2.31. The summed E-state index contributed by atoms with van der Waals surface area (Å²) in [6, 6.07) is 0. The van der Waals surface area contributed by atoms with Crippen LogP contribution in [0.3, 0.4) is 0 Å². The van der Waals surface area contributed by atoms with Gasteiger partial charge in [-0.05, 0) is 32.2 Å². The van der Waals surface area contributed by atoms with Crippen LogP contribution < -0.4 is 10.6 Å². The third-order valence-corrected chi connectivity index (χ3v) is 4.80. The van der Waals surface area contributed by atoms with Crippen LogP contribution in [0.15, 0.2) is 0 Å². The molecule has 18 heavy (non-hydrogen) atoms. The largest absolute Gasteiger partial charge is 0.378 e. The van der Waals surface area contributed by atoms with Crippen LogP contribution >= 0.6 is 0 Å². The van der Waals surface area contributed by atoms with Crippen molar-refractivity contribution in [3.05, 3.63) is 0 Å². The van der Waals surface area contributed by atoms with Crippen molar-refractivity contribution in [2.75, 3.05) is 26.2 Å². The molecule has 0 bridgehead atoms. The molecule has 2 fully saturated rings. The minimum atomic E-state index is -0.206. The fraction of sp³-hybridized carbons (Fsp3) is 0.929. The monoisotopic (exact) mass is 254 g/mol. The summed E-state index contributed by atoms with van der Waals surface area (Å²) >= 11 is 0. The molecular formula is C14H26N2O2. The standard InChI is InChI=1S/C14H26N2O2/c1-10(2)14(5-6-15-9-14)13(17)16-8-12-4-7-18-11(12)3/h10-12,15H,4-9H2,1-3H3,(H,16,17). The van der Waals surface area contributed by atoms with Crippen LogP contribution in [-0.4, -0.2) is 38.3 Å². The van der Waals surface area contributed by atoms with Crippen molar-refractivity contribution < 1.29 is 9.53 Å². The first-order valence-corrected chi connectivity index (χ1v) is 7.17. The van der Waals surface area contributed by atoms with Gasteiger partial charge >= 0.3 is 0 Å². The summed E-state index contributed by atoms with van der Waals surface area (Å²) in [5, 5.41) is 6.49. The molecule has 2 aliphatic heterocycles. The van der Waals surface area contributed by atoms with E-state index in [1.807, 2.05) is 0 Å². The van der Waals surface area contributed by atoms with E-state index in [2.05, 4.69) is 31.4 Å². The van der Waals surface area contributed by atoms with Crippen molar-refractivity contribution in [1.29, 1.82) is 0 Å². The van der Waals surface area contributed by atoms with E-state index in [-0.39, 0.29) is 17.4 Å². The van der Waals surface area contributed by atoms with Gasteiger partial charge in [0.1, 0.15) is 0 Å². The predicted molar refractivity (Wildman–Crippen MR) is 71.3 cm³/mol. The van der Waals surface area contributed by atoms with Crippen molar-refractivity contribution >= 4 is 5.91 Å². The van der Waals surface area contributed by atoms with Gasteiger partial charge in [-0.25, -0.2) is 0 Å². The van der Waals surface area contributed by atoms with Gasteiger partial charge in [0.15, 0.2) is 0 Å². The van der Waals surface area contributed by atoms with E-state index in [9.17, 15) is 4.79 Å². The van der Waals surface area contributed by atoms with Gasteiger partial charge in [-0.15, -0.1) is 0 Å². The molecule has 4 heteroatoms. The van der Waals surface area contributed by atoms with Crippen LogP contribution in [0.4, 0.5) is 0 Å². The maximum Gasteiger partial charge on any atom is 0.227 e. The number of carbonyl (C=O) groups is 1. The first-order valence-electron chi connectivity index (χ1n) is 7.17. The zero-order valence-electron chi connectivity index (χ0n) is 11.8. The van der Waals surface area contributed by atoms with Crippen LogP contribution in [0.1, 0.15) is 33.6 Å². The molecule has 0 radical (unpaired) electrons. The van der Waals surface area contributed by atoms with Gasteiger partial charge in [0.2, 0.25) is 5.91 Å².